The molecule has 2 aromatic rings. The molecule has 0 saturated carbocycles. The van der Waals surface area contributed by atoms with Gasteiger partial charge in [0.2, 0.25) is 0 Å². The highest BCUT2D eigenvalue weighted by molar-refractivity contribution is 6.32. The normalized spacial score (nSPS) is 12.0. The topological polar surface area (TPSA) is 123 Å². The first-order chi connectivity index (χ1) is 13.4. The number of amides is 3. The zero-order valence-corrected chi connectivity index (χ0v) is 15.1. The molecule has 0 atom stereocenters. The van der Waals surface area contributed by atoms with Gasteiger partial charge >= 0.3 is 12.0 Å². The van der Waals surface area contributed by atoms with Gasteiger partial charge in [0, 0.05) is 11.3 Å². The molecule has 1 aliphatic heterocycles. The summed E-state index contributed by atoms with van der Waals surface area (Å²) in [7, 11) is 0. The SMILES string of the molecule is O=C(O)COc1ccc(NC(=O)NC(=O)c2ccc3c(c2)OCCO3)cc1Cl. The molecular weight excluding hydrogens is 392 g/mol. The number of anilines is 1. The number of carbonyl (C=O) groups excluding carboxylic acids is 2. The smallest absolute Gasteiger partial charge is 0.341 e. The molecule has 10 heteroatoms. The van der Waals surface area contributed by atoms with E-state index in [-0.39, 0.29) is 16.3 Å². The first-order valence-electron chi connectivity index (χ1n) is 8.08. The third-order valence-corrected chi connectivity index (χ3v) is 3.87. The molecule has 0 spiro atoms. The zero-order valence-electron chi connectivity index (χ0n) is 14.4. The minimum Gasteiger partial charge on any atom is -0.486 e. The number of ether oxygens (including phenoxy) is 3. The lowest BCUT2D eigenvalue weighted by Crippen LogP contribution is -2.34. The quantitative estimate of drug-likeness (QED) is 0.697. The van der Waals surface area contributed by atoms with Gasteiger partial charge < -0.3 is 24.6 Å². The monoisotopic (exact) mass is 406 g/mol. The number of carboxylic acids is 1. The molecule has 1 heterocycles. The second-order valence-corrected chi connectivity index (χ2v) is 6.00. The van der Waals surface area contributed by atoms with Gasteiger partial charge in [0.05, 0.1) is 5.02 Å². The van der Waals surface area contributed by atoms with Gasteiger partial charge in [-0.25, -0.2) is 9.59 Å². The molecule has 1 aliphatic rings. The third kappa shape index (κ3) is 4.83. The molecule has 0 unspecified atom stereocenters. The van der Waals surface area contributed by atoms with Crippen LogP contribution < -0.4 is 24.8 Å². The number of urea groups is 1. The number of nitrogens with one attached hydrogen (secondary N) is 2. The first kappa shape index (κ1) is 19.3. The van der Waals surface area contributed by atoms with Crippen LogP contribution in [0.5, 0.6) is 17.2 Å². The van der Waals surface area contributed by atoms with Gasteiger partial charge in [0.1, 0.15) is 19.0 Å². The van der Waals surface area contributed by atoms with E-state index in [4.69, 9.17) is 30.9 Å². The largest absolute Gasteiger partial charge is 0.486 e. The van der Waals surface area contributed by atoms with Crippen molar-refractivity contribution < 1.29 is 33.7 Å². The van der Waals surface area contributed by atoms with Crippen molar-refractivity contribution in [1.29, 1.82) is 0 Å². The zero-order chi connectivity index (χ0) is 20.1. The Labute approximate surface area is 164 Å². The fraction of sp³-hybridized carbons (Fsp3) is 0.167. The Morgan fingerprint density at radius 2 is 1.82 bits per heavy atom. The maximum absolute atomic E-state index is 12.2. The Morgan fingerprint density at radius 3 is 2.54 bits per heavy atom. The maximum Gasteiger partial charge on any atom is 0.341 e. The van der Waals surface area contributed by atoms with Crippen LogP contribution >= 0.6 is 11.6 Å². The molecular formula is C18H15ClN2O7. The van der Waals surface area contributed by atoms with E-state index in [0.717, 1.165) is 0 Å². The van der Waals surface area contributed by atoms with Crippen LogP contribution in [0.3, 0.4) is 0 Å². The number of fused-ring (bicyclic) bond motifs is 1. The summed E-state index contributed by atoms with van der Waals surface area (Å²) in [6, 6.07) is 8.06. The van der Waals surface area contributed by atoms with Crippen molar-refractivity contribution >= 4 is 35.2 Å². The van der Waals surface area contributed by atoms with E-state index in [1.54, 1.807) is 6.07 Å². The van der Waals surface area contributed by atoms with E-state index < -0.39 is 24.5 Å². The summed E-state index contributed by atoms with van der Waals surface area (Å²) in [5.74, 6) is -0.644. The number of aliphatic carboxylic acids is 1. The number of hydrogen-bond donors (Lipinski definition) is 3. The molecule has 0 fully saturated rings. The van der Waals surface area contributed by atoms with E-state index in [1.807, 2.05) is 0 Å². The van der Waals surface area contributed by atoms with Crippen molar-refractivity contribution in [2.45, 2.75) is 0 Å². The number of carboxylic acid groups (broad SMARTS) is 1. The van der Waals surface area contributed by atoms with E-state index >= 15 is 0 Å². The highest BCUT2D eigenvalue weighted by Gasteiger charge is 2.17. The van der Waals surface area contributed by atoms with Gasteiger partial charge in [-0.15, -0.1) is 0 Å². The van der Waals surface area contributed by atoms with Crippen LogP contribution in [0.1, 0.15) is 10.4 Å². The number of hydrogen-bond acceptors (Lipinski definition) is 6. The van der Waals surface area contributed by atoms with Crippen LogP contribution in [-0.2, 0) is 4.79 Å². The van der Waals surface area contributed by atoms with Gasteiger partial charge in [-0.3, -0.25) is 10.1 Å². The Balaban J connectivity index is 1.60. The predicted molar refractivity (Wildman–Crippen MR) is 98.5 cm³/mol. The van der Waals surface area contributed by atoms with Gasteiger partial charge in [-0.2, -0.15) is 0 Å². The summed E-state index contributed by atoms with van der Waals surface area (Å²) < 4.78 is 15.8. The number of imide groups is 1. The third-order valence-electron chi connectivity index (χ3n) is 3.57. The highest BCUT2D eigenvalue weighted by Crippen LogP contribution is 2.31. The summed E-state index contributed by atoms with van der Waals surface area (Å²) in [6.07, 6.45) is 0. The molecule has 3 N–H and O–H groups in total. The Kier molecular flexibility index (Phi) is 5.85. The summed E-state index contributed by atoms with van der Waals surface area (Å²) in [5.41, 5.74) is 0.523. The van der Waals surface area contributed by atoms with Crippen LogP contribution in [0.15, 0.2) is 36.4 Å². The Hall–Kier alpha value is -3.46. The van der Waals surface area contributed by atoms with E-state index in [2.05, 4.69) is 10.6 Å². The summed E-state index contributed by atoms with van der Waals surface area (Å²) >= 11 is 5.98. The number of rotatable bonds is 5. The maximum atomic E-state index is 12.2. The fourth-order valence-electron chi connectivity index (χ4n) is 2.36. The van der Waals surface area contributed by atoms with Crippen LogP contribution in [0, 0.1) is 0 Å². The standard InChI is InChI=1S/C18H15ClN2O7/c19-12-8-11(2-4-13(12)28-9-16(22)23)20-18(25)21-17(24)10-1-3-14-15(7-10)27-6-5-26-14/h1-4,7-8H,5-6,9H2,(H,22,23)(H2,20,21,24,25). The lowest BCUT2D eigenvalue weighted by molar-refractivity contribution is -0.139. The second kappa shape index (κ2) is 8.49. The van der Waals surface area contributed by atoms with Crippen molar-refractivity contribution in [3.05, 3.63) is 47.0 Å². The van der Waals surface area contributed by atoms with Crippen molar-refractivity contribution in [3.8, 4) is 17.2 Å². The molecule has 28 heavy (non-hydrogen) atoms. The Morgan fingerprint density at radius 1 is 1.07 bits per heavy atom. The van der Waals surface area contributed by atoms with Gasteiger partial charge in [0.25, 0.3) is 5.91 Å². The van der Waals surface area contributed by atoms with Crippen LogP contribution in [-0.4, -0.2) is 42.8 Å². The van der Waals surface area contributed by atoms with Crippen molar-refractivity contribution in [3.63, 3.8) is 0 Å². The number of carbonyl (C=O) groups is 3. The molecule has 146 valence electrons. The minimum atomic E-state index is -1.14. The Bertz CT molecular complexity index is 932. The molecule has 0 aliphatic carbocycles. The summed E-state index contributed by atoms with van der Waals surface area (Å²) in [5, 5.41) is 13.4. The average molecular weight is 407 g/mol. The average Bonchev–Trinajstić information content (AvgIpc) is 2.66. The van der Waals surface area contributed by atoms with Crippen LogP contribution in [0.4, 0.5) is 10.5 Å². The highest BCUT2D eigenvalue weighted by atomic mass is 35.5. The van der Waals surface area contributed by atoms with E-state index in [1.165, 1.54) is 30.3 Å². The van der Waals surface area contributed by atoms with E-state index in [0.29, 0.717) is 30.4 Å². The summed E-state index contributed by atoms with van der Waals surface area (Å²) in [6.45, 7) is 0.270. The lowest BCUT2D eigenvalue weighted by Gasteiger charge is -2.18. The van der Waals surface area contributed by atoms with Crippen molar-refractivity contribution in [2.24, 2.45) is 0 Å². The molecule has 2 aromatic carbocycles. The molecule has 9 nitrogen and oxygen atoms in total. The predicted octanol–water partition coefficient (Wildman–Crippen LogP) is 2.54. The fourth-order valence-corrected chi connectivity index (χ4v) is 2.59. The van der Waals surface area contributed by atoms with E-state index in [9.17, 15) is 14.4 Å². The molecule has 3 rings (SSSR count). The molecule has 0 bridgehead atoms. The first-order valence-corrected chi connectivity index (χ1v) is 8.46. The minimum absolute atomic E-state index is 0.109. The molecule has 0 saturated heterocycles. The molecule has 3 amide bonds. The molecule has 0 aromatic heterocycles. The van der Waals surface area contributed by atoms with Gasteiger partial charge in [-0.05, 0) is 36.4 Å². The van der Waals surface area contributed by atoms with Crippen molar-refractivity contribution in [1.82, 2.24) is 5.32 Å². The van der Waals surface area contributed by atoms with Gasteiger partial charge in [0.15, 0.2) is 18.1 Å². The number of benzene rings is 2. The van der Waals surface area contributed by atoms with Gasteiger partial charge in [-0.1, -0.05) is 11.6 Å². The van der Waals surface area contributed by atoms with Crippen LogP contribution in [0.25, 0.3) is 0 Å². The second-order valence-electron chi connectivity index (χ2n) is 5.59. The van der Waals surface area contributed by atoms with Crippen LogP contribution in [0.2, 0.25) is 5.02 Å². The molecule has 0 radical (unpaired) electrons. The van der Waals surface area contributed by atoms with Crippen molar-refractivity contribution in [2.75, 3.05) is 25.1 Å². The number of halogens is 1. The lowest BCUT2D eigenvalue weighted by atomic mass is 10.2. The summed E-state index contributed by atoms with van der Waals surface area (Å²) in [4.78, 5) is 34.8.